The lowest BCUT2D eigenvalue weighted by atomic mass is 10.1. The molecule has 0 bridgehead atoms. The molecule has 76 valence electrons. The van der Waals surface area contributed by atoms with Crippen LogP contribution in [-0.2, 0) is 0 Å². The van der Waals surface area contributed by atoms with Crippen LogP contribution >= 0.6 is 0 Å². The summed E-state index contributed by atoms with van der Waals surface area (Å²) in [6.45, 7) is 1.97. The molecule has 0 saturated heterocycles. The largest absolute Gasteiger partial charge is 0.357 e. The van der Waals surface area contributed by atoms with Gasteiger partial charge in [0.15, 0.2) is 0 Å². The van der Waals surface area contributed by atoms with Crippen molar-refractivity contribution in [1.29, 1.82) is 0 Å². The van der Waals surface area contributed by atoms with Gasteiger partial charge in [0.2, 0.25) is 0 Å². The van der Waals surface area contributed by atoms with Crippen LogP contribution in [0, 0.1) is 0 Å². The molecule has 2 rings (SSSR count). The molecule has 1 saturated carbocycles. The van der Waals surface area contributed by atoms with Crippen molar-refractivity contribution in [3.8, 4) is 0 Å². The summed E-state index contributed by atoms with van der Waals surface area (Å²) in [5, 5.41) is 0. The summed E-state index contributed by atoms with van der Waals surface area (Å²) in [7, 11) is 2.10. The Balaban J connectivity index is 2.12. The first-order chi connectivity index (χ1) is 6.68. The number of nitrogens with zero attached hydrogens (tertiary/aromatic N) is 2. The first-order valence-electron chi connectivity index (χ1n) is 5.13. The van der Waals surface area contributed by atoms with Crippen molar-refractivity contribution >= 4 is 5.82 Å². The molecule has 3 nitrogen and oxygen atoms in total. The van der Waals surface area contributed by atoms with Gasteiger partial charge in [-0.1, -0.05) is 6.07 Å². The molecule has 1 unspecified atom stereocenters. The minimum Gasteiger partial charge on any atom is -0.357 e. The third-order valence-corrected chi connectivity index (χ3v) is 2.75. The second-order valence-electron chi connectivity index (χ2n) is 4.08. The first kappa shape index (κ1) is 9.46. The minimum absolute atomic E-state index is 0.0720. The number of pyridine rings is 1. The fourth-order valence-corrected chi connectivity index (χ4v) is 1.52. The SMILES string of the molecule is CC(N)c1ccc(N(C)C2CC2)nc1. The van der Waals surface area contributed by atoms with Gasteiger partial charge in [-0.3, -0.25) is 0 Å². The van der Waals surface area contributed by atoms with E-state index in [4.69, 9.17) is 5.73 Å². The lowest BCUT2D eigenvalue weighted by Crippen LogP contribution is -2.20. The van der Waals surface area contributed by atoms with E-state index in [-0.39, 0.29) is 6.04 Å². The van der Waals surface area contributed by atoms with Gasteiger partial charge in [-0.05, 0) is 31.4 Å². The van der Waals surface area contributed by atoms with Gasteiger partial charge in [-0.15, -0.1) is 0 Å². The maximum absolute atomic E-state index is 5.76. The van der Waals surface area contributed by atoms with Crippen molar-refractivity contribution in [3.63, 3.8) is 0 Å². The lowest BCUT2D eigenvalue weighted by Gasteiger charge is -2.17. The van der Waals surface area contributed by atoms with Crippen LogP contribution in [0.25, 0.3) is 0 Å². The molecule has 1 aromatic rings. The van der Waals surface area contributed by atoms with Gasteiger partial charge in [-0.25, -0.2) is 4.98 Å². The van der Waals surface area contributed by atoms with E-state index in [0.717, 1.165) is 11.4 Å². The van der Waals surface area contributed by atoms with Crippen LogP contribution in [0.4, 0.5) is 5.82 Å². The van der Waals surface area contributed by atoms with Crippen LogP contribution in [0.2, 0.25) is 0 Å². The number of nitrogens with two attached hydrogens (primary N) is 1. The molecular formula is C11H17N3. The van der Waals surface area contributed by atoms with Gasteiger partial charge < -0.3 is 10.6 Å². The quantitative estimate of drug-likeness (QED) is 0.790. The summed E-state index contributed by atoms with van der Waals surface area (Å²) in [4.78, 5) is 6.65. The van der Waals surface area contributed by atoms with Crippen molar-refractivity contribution in [2.45, 2.75) is 31.8 Å². The third-order valence-electron chi connectivity index (χ3n) is 2.75. The molecule has 0 radical (unpaired) electrons. The highest BCUT2D eigenvalue weighted by molar-refractivity contribution is 5.41. The summed E-state index contributed by atoms with van der Waals surface area (Å²) in [5.41, 5.74) is 6.85. The molecule has 3 heteroatoms. The normalized spacial score (nSPS) is 17.9. The summed E-state index contributed by atoms with van der Waals surface area (Å²) < 4.78 is 0. The van der Waals surface area contributed by atoms with Crippen LogP contribution in [0.3, 0.4) is 0 Å². The van der Waals surface area contributed by atoms with E-state index in [1.54, 1.807) is 0 Å². The lowest BCUT2D eigenvalue weighted by molar-refractivity contribution is 0.806. The van der Waals surface area contributed by atoms with Crippen LogP contribution in [0.1, 0.15) is 31.4 Å². The van der Waals surface area contributed by atoms with Crippen molar-refractivity contribution in [3.05, 3.63) is 23.9 Å². The Hall–Kier alpha value is -1.09. The molecule has 1 aromatic heterocycles. The van der Waals surface area contributed by atoms with Crippen molar-refractivity contribution in [2.24, 2.45) is 5.73 Å². The van der Waals surface area contributed by atoms with E-state index in [1.807, 2.05) is 13.1 Å². The number of rotatable bonds is 3. The predicted molar refractivity (Wildman–Crippen MR) is 58.3 cm³/mol. The summed E-state index contributed by atoms with van der Waals surface area (Å²) in [6.07, 6.45) is 4.47. The number of aromatic nitrogens is 1. The zero-order valence-electron chi connectivity index (χ0n) is 8.77. The third kappa shape index (κ3) is 1.87. The van der Waals surface area contributed by atoms with Crippen LogP contribution in [0.5, 0.6) is 0 Å². The molecular weight excluding hydrogens is 174 g/mol. The van der Waals surface area contributed by atoms with Crippen LogP contribution in [-0.4, -0.2) is 18.1 Å². The molecule has 1 atom stereocenters. The van der Waals surface area contributed by atoms with Crippen LogP contribution in [0.15, 0.2) is 18.3 Å². The second-order valence-corrected chi connectivity index (χ2v) is 4.08. The molecule has 14 heavy (non-hydrogen) atoms. The van der Waals surface area contributed by atoms with Gasteiger partial charge in [0.05, 0.1) is 0 Å². The highest BCUT2D eigenvalue weighted by Gasteiger charge is 2.26. The molecule has 0 aromatic carbocycles. The van der Waals surface area contributed by atoms with E-state index in [2.05, 4.69) is 29.1 Å². The fourth-order valence-electron chi connectivity index (χ4n) is 1.52. The van der Waals surface area contributed by atoms with E-state index in [1.165, 1.54) is 12.8 Å². The Kier molecular flexibility index (Phi) is 2.42. The Bertz CT molecular complexity index is 301. The van der Waals surface area contributed by atoms with E-state index >= 15 is 0 Å². The first-order valence-corrected chi connectivity index (χ1v) is 5.13. The number of hydrogen-bond acceptors (Lipinski definition) is 3. The topological polar surface area (TPSA) is 42.1 Å². The Morgan fingerprint density at radius 3 is 2.64 bits per heavy atom. The summed E-state index contributed by atoms with van der Waals surface area (Å²) >= 11 is 0. The monoisotopic (exact) mass is 191 g/mol. The van der Waals surface area contributed by atoms with Gasteiger partial charge >= 0.3 is 0 Å². The van der Waals surface area contributed by atoms with Crippen molar-refractivity contribution in [1.82, 2.24) is 4.98 Å². The number of hydrogen-bond donors (Lipinski definition) is 1. The fraction of sp³-hybridized carbons (Fsp3) is 0.545. The van der Waals surface area contributed by atoms with Gasteiger partial charge in [-0.2, -0.15) is 0 Å². The zero-order chi connectivity index (χ0) is 10.1. The van der Waals surface area contributed by atoms with Crippen LogP contribution < -0.4 is 10.6 Å². The summed E-state index contributed by atoms with van der Waals surface area (Å²) in [5.74, 6) is 1.05. The second kappa shape index (κ2) is 3.58. The Morgan fingerprint density at radius 2 is 2.21 bits per heavy atom. The van der Waals surface area contributed by atoms with Gasteiger partial charge in [0.1, 0.15) is 5.82 Å². The Labute approximate surface area is 84.9 Å². The number of anilines is 1. The molecule has 2 N–H and O–H groups in total. The van der Waals surface area contributed by atoms with E-state index < -0.39 is 0 Å². The summed E-state index contributed by atoms with van der Waals surface area (Å²) in [6, 6.07) is 4.90. The van der Waals surface area contributed by atoms with Crippen molar-refractivity contribution in [2.75, 3.05) is 11.9 Å². The molecule has 0 spiro atoms. The molecule has 1 heterocycles. The highest BCUT2D eigenvalue weighted by atomic mass is 15.2. The molecule has 0 amide bonds. The van der Waals surface area contributed by atoms with E-state index in [9.17, 15) is 0 Å². The average Bonchev–Trinajstić information content (AvgIpc) is 3.00. The molecule has 1 aliphatic rings. The van der Waals surface area contributed by atoms with Gasteiger partial charge in [0, 0.05) is 25.3 Å². The standard InChI is InChI=1S/C11H17N3/c1-8(12)9-3-6-11(13-7-9)14(2)10-4-5-10/h3,6-8,10H,4-5,12H2,1-2H3. The van der Waals surface area contributed by atoms with E-state index in [0.29, 0.717) is 6.04 Å². The predicted octanol–water partition coefficient (Wildman–Crippen LogP) is 1.70. The maximum Gasteiger partial charge on any atom is 0.128 e. The average molecular weight is 191 g/mol. The zero-order valence-corrected chi connectivity index (χ0v) is 8.77. The highest BCUT2D eigenvalue weighted by Crippen LogP contribution is 2.29. The Morgan fingerprint density at radius 1 is 1.50 bits per heavy atom. The minimum atomic E-state index is 0.0720. The maximum atomic E-state index is 5.76. The van der Waals surface area contributed by atoms with Crippen molar-refractivity contribution < 1.29 is 0 Å². The van der Waals surface area contributed by atoms with Gasteiger partial charge in [0.25, 0.3) is 0 Å². The smallest absolute Gasteiger partial charge is 0.128 e. The molecule has 1 fully saturated rings. The molecule has 0 aliphatic heterocycles. The molecule has 1 aliphatic carbocycles.